The molecule has 0 aliphatic rings. The number of rotatable bonds is 6. The molecule has 0 aliphatic heterocycles. The first-order valence-corrected chi connectivity index (χ1v) is 7.91. The molecule has 0 atom stereocenters. The Morgan fingerprint density at radius 2 is 1.71 bits per heavy atom. The van der Waals surface area contributed by atoms with Gasteiger partial charge in [-0.2, -0.15) is 0 Å². The second-order valence-electron chi connectivity index (χ2n) is 4.90. The van der Waals surface area contributed by atoms with Gasteiger partial charge in [-0.15, -0.1) is 0 Å². The molecule has 0 radical (unpaired) electrons. The smallest absolute Gasteiger partial charge is 0.244 e. The molecule has 0 unspecified atom stereocenters. The average Bonchev–Trinajstić information content (AvgIpc) is 2.59. The molecule has 1 amide bonds. The average molecular weight is 366 g/mol. The standard InChI is InChI=1S/C18H17Cl2NO3/c1-23-16-9-13(15(20)10-17(16)24-2)11-21-18(22)8-5-12-3-6-14(19)7-4-12/h3-10H,11H2,1-2H3,(H,21,22)/b8-5+. The zero-order valence-electron chi connectivity index (χ0n) is 13.3. The quantitative estimate of drug-likeness (QED) is 0.774. The third-order valence-corrected chi connectivity index (χ3v) is 3.91. The first kappa shape index (κ1) is 18.2. The summed E-state index contributed by atoms with van der Waals surface area (Å²) in [4.78, 5) is 11.9. The molecule has 0 aromatic heterocycles. The van der Waals surface area contributed by atoms with Crippen molar-refractivity contribution in [3.8, 4) is 11.5 Å². The minimum absolute atomic E-state index is 0.226. The number of ether oxygens (including phenoxy) is 2. The second-order valence-corrected chi connectivity index (χ2v) is 5.74. The summed E-state index contributed by atoms with van der Waals surface area (Å²) >= 11 is 12.0. The molecule has 0 fully saturated rings. The Labute approximate surface area is 151 Å². The molecule has 0 spiro atoms. The van der Waals surface area contributed by atoms with Crippen molar-refractivity contribution in [2.75, 3.05) is 14.2 Å². The van der Waals surface area contributed by atoms with Crippen LogP contribution in [0, 0.1) is 0 Å². The minimum Gasteiger partial charge on any atom is -0.493 e. The van der Waals surface area contributed by atoms with Gasteiger partial charge in [0.15, 0.2) is 11.5 Å². The summed E-state index contributed by atoms with van der Waals surface area (Å²) in [6.45, 7) is 0.281. The lowest BCUT2D eigenvalue weighted by molar-refractivity contribution is -0.116. The normalized spacial score (nSPS) is 10.7. The Bertz CT molecular complexity index is 743. The van der Waals surface area contributed by atoms with Gasteiger partial charge in [0.2, 0.25) is 5.91 Å². The fourth-order valence-corrected chi connectivity index (χ4v) is 2.37. The van der Waals surface area contributed by atoms with E-state index in [9.17, 15) is 4.79 Å². The summed E-state index contributed by atoms with van der Waals surface area (Å²) in [6, 6.07) is 10.6. The lowest BCUT2D eigenvalue weighted by Crippen LogP contribution is -2.20. The number of methoxy groups -OCH3 is 2. The van der Waals surface area contributed by atoms with E-state index >= 15 is 0 Å². The van der Waals surface area contributed by atoms with Crippen molar-refractivity contribution in [3.05, 3.63) is 63.6 Å². The third-order valence-electron chi connectivity index (χ3n) is 3.30. The number of benzene rings is 2. The van der Waals surface area contributed by atoms with Crippen LogP contribution in [0.15, 0.2) is 42.5 Å². The van der Waals surface area contributed by atoms with Crippen LogP contribution in [0.3, 0.4) is 0 Å². The number of amides is 1. The van der Waals surface area contributed by atoms with Gasteiger partial charge in [-0.05, 0) is 35.4 Å². The van der Waals surface area contributed by atoms with Gasteiger partial charge in [0, 0.05) is 28.7 Å². The van der Waals surface area contributed by atoms with Crippen LogP contribution in [0.5, 0.6) is 11.5 Å². The lowest BCUT2D eigenvalue weighted by atomic mass is 10.2. The first-order chi connectivity index (χ1) is 11.5. The number of hydrogen-bond acceptors (Lipinski definition) is 3. The van der Waals surface area contributed by atoms with Gasteiger partial charge in [-0.3, -0.25) is 4.79 Å². The summed E-state index contributed by atoms with van der Waals surface area (Å²) in [5.74, 6) is 0.874. The SMILES string of the molecule is COc1cc(Cl)c(CNC(=O)/C=C/c2ccc(Cl)cc2)cc1OC. The number of carbonyl (C=O) groups is 1. The zero-order chi connectivity index (χ0) is 17.5. The fraction of sp³-hybridized carbons (Fsp3) is 0.167. The van der Waals surface area contributed by atoms with E-state index in [1.165, 1.54) is 13.2 Å². The molecule has 126 valence electrons. The van der Waals surface area contributed by atoms with E-state index < -0.39 is 0 Å². The molecule has 2 rings (SSSR count). The Morgan fingerprint density at radius 3 is 2.33 bits per heavy atom. The fourth-order valence-electron chi connectivity index (χ4n) is 2.02. The van der Waals surface area contributed by atoms with Crippen LogP contribution in [-0.2, 0) is 11.3 Å². The number of nitrogens with one attached hydrogen (secondary N) is 1. The molecule has 2 aromatic rings. The molecule has 2 aromatic carbocycles. The molecule has 4 nitrogen and oxygen atoms in total. The maximum atomic E-state index is 11.9. The van der Waals surface area contributed by atoms with Crippen molar-refractivity contribution in [2.45, 2.75) is 6.54 Å². The lowest BCUT2D eigenvalue weighted by Gasteiger charge is -2.11. The van der Waals surface area contributed by atoms with Crippen molar-refractivity contribution in [1.82, 2.24) is 5.32 Å². The van der Waals surface area contributed by atoms with Crippen LogP contribution >= 0.6 is 23.2 Å². The highest BCUT2D eigenvalue weighted by atomic mass is 35.5. The van der Waals surface area contributed by atoms with E-state index in [1.807, 2.05) is 12.1 Å². The van der Waals surface area contributed by atoms with Crippen LogP contribution in [0.2, 0.25) is 10.0 Å². The van der Waals surface area contributed by atoms with Crippen LogP contribution in [0.4, 0.5) is 0 Å². The predicted molar refractivity (Wildman–Crippen MR) is 96.9 cm³/mol. The van der Waals surface area contributed by atoms with E-state index in [-0.39, 0.29) is 12.5 Å². The van der Waals surface area contributed by atoms with E-state index in [2.05, 4.69) is 5.32 Å². The predicted octanol–water partition coefficient (Wildman–Crippen LogP) is 4.34. The maximum absolute atomic E-state index is 11.9. The van der Waals surface area contributed by atoms with E-state index in [0.717, 1.165) is 11.1 Å². The number of carbonyl (C=O) groups excluding carboxylic acids is 1. The second kappa shape index (κ2) is 8.62. The van der Waals surface area contributed by atoms with Crippen LogP contribution in [0.25, 0.3) is 6.08 Å². The van der Waals surface area contributed by atoms with E-state index in [1.54, 1.807) is 37.5 Å². The highest BCUT2D eigenvalue weighted by molar-refractivity contribution is 6.31. The largest absolute Gasteiger partial charge is 0.493 e. The molecule has 1 N–H and O–H groups in total. The molecule has 0 saturated heterocycles. The topological polar surface area (TPSA) is 47.6 Å². The Kier molecular flexibility index (Phi) is 6.53. The van der Waals surface area contributed by atoms with Gasteiger partial charge in [0.1, 0.15) is 0 Å². The van der Waals surface area contributed by atoms with Gasteiger partial charge in [0.25, 0.3) is 0 Å². The number of hydrogen-bond donors (Lipinski definition) is 1. The molecular weight excluding hydrogens is 349 g/mol. The molecule has 0 bridgehead atoms. The minimum atomic E-state index is -0.226. The van der Waals surface area contributed by atoms with E-state index in [4.69, 9.17) is 32.7 Å². The van der Waals surface area contributed by atoms with E-state index in [0.29, 0.717) is 21.5 Å². The van der Waals surface area contributed by atoms with Crippen molar-refractivity contribution in [1.29, 1.82) is 0 Å². The van der Waals surface area contributed by atoms with Crippen LogP contribution in [0.1, 0.15) is 11.1 Å². The van der Waals surface area contributed by atoms with Crippen molar-refractivity contribution < 1.29 is 14.3 Å². The van der Waals surface area contributed by atoms with Crippen LogP contribution in [-0.4, -0.2) is 20.1 Å². The molecule has 6 heteroatoms. The summed E-state index contributed by atoms with van der Waals surface area (Å²) in [6.07, 6.45) is 3.17. The Balaban J connectivity index is 1.99. The van der Waals surface area contributed by atoms with Gasteiger partial charge in [0.05, 0.1) is 14.2 Å². The summed E-state index contributed by atoms with van der Waals surface area (Å²) in [7, 11) is 3.08. The highest BCUT2D eigenvalue weighted by Crippen LogP contribution is 2.32. The summed E-state index contributed by atoms with van der Waals surface area (Å²) in [5, 5.41) is 3.93. The van der Waals surface area contributed by atoms with Crippen LogP contribution < -0.4 is 14.8 Å². The van der Waals surface area contributed by atoms with Gasteiger partial charge in [-0.1, -0.05) is 35.3 Å². The molecule has 0 saturated carbocycles. The van der Waals surface area contributed by atoms with Crippen molar-refractivity contribution in [2.24, 2.45) is 0 Å². The molecular formula is C18H17Cl2NO3. The van der Waals surface area contributed by atoms with Gasteiger partial charge < -0.3 is 14.8 Å². The monoisotopic (exact) mass is 365 g/mol. The molecule has 24 heavy (non-hydrogen) atoms. The van der Waals surface area contributed by atoms with Crippen molar-refractivity contribution in [3.63, 3.8) is 0 Å². The zero-order valence-corrected chi connectivity index (χ0v) is 14.8. The molecule has 0 heterocycles. The summed E-state index contributed by atoms with van der Waals surface area (Å²) < 4.78 is 10.4. The Hall–Kier alpha value is -2.17. The van der Waals surface area contributed by atoms with Crippen molar-refractivity contribution >= 4 is 35.2 Å². The highest BCUT2D eigenvalue weighted by Gasteiger charge is 2.10. The summed E-state index contributed by atoms with van der Waals surface area (Å²) in [5.41, 5.74) is 1.63. The van der Waals surface area contributed by atoms with Gasteiger partial charge in [-0.25, -0.2) is 0 Å². The third kappa shape index (κ3) is 4.91. The molecule has 0 aliphatic carbocycles. The maximum Gasteiger partial charge on any atom is 0.244 e. The Morgan fingerprint density at radius 1 is 1.08 bits per heavy atom. The number of halogens is 2. The first-order valence-electron chi connectivity index (χ1n) is 7.15. The van der Waals surface area contributed by atoms with Gasteiger partial charge >= 0.3 is 0 Å².